The van der Waals surface area contributed by atoms with Crippen LogP contribution < -0.4 is 9.46 Å². The zero-order valence-corrected chi connectivity index (χ0v) is 13.8. The summed E-state index contributed by atoms with van der Waals surface area (Å²) in [7, 11) is -2.30. The van der Waals surface area contributed by atoms with E-state index in [0.717, 1.165) is 12.8 Å². The average molecular weight is 343 g/mol. The molecule has 0 spiro atoms. The first-order chi connectivity index (χ1) is 10.9. The molecule has 1 atom stereocenters. The van der Waals surface area contributed by atoms with Crippen LogP contribution in [0.1, 0.15) is 24.8 Å². The fourth-order valence-corrected chi connectivity index (χ4v) is 3.89. The highest BCUT2D eigenvalue weighted by atomic mass is 32.2. The molecule has 1 fully saturated rings. The number of hydrogen-bond acceptors (Lipinski definition) is 5. The van der Waals surface area contributed by atoms with Gasteiger partial charge in [-0.25, -0.2) is 13.1 Å². The van der Waals surface area contributed by atoms with Gasteiger partial charge >= 0.3 is 5.97 Å². The molecule has 2 rings (SSSR count). The van der Waals surface area contributed by atoms with E-state index in [4.69, 9.17) is 14.6 Å². The Labute approximate surface area is 135 Å². The van der Waals surface area contributed by atoms with Crippen molar-refractivity contribution in [3.8, 4) is 5.75 Å². The molecule has 0 aliphatic carbocycles. The topological polar surface area (TPSA) is 102 Å². The summed E-state index contributed by atoms with van der Waals surface area (Å²) in [6, 6.07) is 4.07. The Kier molecular flexibility index (Phi) is 5.97. The zero-order valence-electron chi connectivity index (χ0n) is 12.9. The number of nitrogens with one attached hydrogen (secondary N) is 1. The highest BCUT2D eigenvalue weighted by molar-refractivity contribution is 7.89. The number of methoxy groups -OCH3 is 1. The highest BCUT2D eigenvalue weighted by Crippen LogP contribution is 2.23. The summed E-state index contributed by atoms with van der Waals surface area (Å²) in [5.74, 6) is -0.694. The Morgan fingerprint density at radius 1 is 1.39 bits per heavy atom. The number of hydrogen-bond donors (Lipinski definition) is 2. The lowest BCUT2D eigenvalue weighted by Crippen LogP contribution is -2.35. The molecule has 1 heterocycles. The number of carbonyl (C=O) groups is 1. The molecule has 0 radical (unpaired) electrons. The van der Waals surface area contributed by atoms with Crippen molar-refractivity contribution >= 4 is 16.0 Å². The van der Waals surface area contributed by atoms with Crippen LogP contribution in [0, 0.1) is 0 Å². The summed E-state index contributed by atoms with van der Waals surface area (Å²) in [6.07, 6.45) is 1.85. The molecule has 1 unspecified atom stereocenters. The summed E-state index contributed by atoms with van der Waals surface area (Å²) in [4.78, 5) is 11.0. The Bertz CT molecular complexity index is 650. The number of aliphatic carboxylic acids is 1. The van der Waals surface area contributed by atoms with Gasteiger partial charge < -0.3 is 14.6 Å². The van der Waals surface area contributed by atoms with Crippen LogP contribution in [-0.2, 0) is 26.0 Å². The average Bonchev–Trinajstić information content (AvgIpc) is 2.74. The van der Waals surface area contributed by atoms with Crippen molar-refractivity contribution in [1.29, 1.82) is 0 Å². The van der Waals surface area contributed by atoms with E-state index < -0.39 is 16.0 Å². The summed E-state index contributed by atoms with van der Waals surface area (Å²) < 4.78 is 38.1. The van der Waals surface area contributed by atoms with E-state index in [0.29, 0.717) is 30.9 Å². The summed E-state index contributed by atoms with van der Waals surface area (Å²) in [5, 5.41) is 8.94. The van der Waals surface area contributed by atoms with Crippen LogP contribution in [0.4, 0.5) is 0 Å². The first kappa shape index (κ1) is 17.7. The monoisotopic (exact) mass is 343 g/mol. The molecule has 1 saturated heterocycles. The molecule has 1 aliphatic heterocycles. The van der Waals surface area contributed by atoms with Crippen molar-refractivity contribution in [2.45, 2.75) is 36.6 Å². The summed E-state index contributed by atoms with van der Waals surface area (Å²) in [5.41, 5.74) is 0.326. The van der Waals surface area contributed by atoms with Gasteiger partial charge in [0, 0.05) is 24.8 Å². The number of benzene rings is 1. The fraction of sp³-hybridized carbons (Fsp3) is 0.533. The van der Waals surface area contributed by atoms with E-state index in [9.17, 15) is 13.2 Å². The van der Waals surface area contributed by atoms with Gasteiger partial charge in [-0.05, 0) is 37.5 Å². The molecule has 23 heavy (non-hydrogen) atoms. The Balaban J connectivity index is 2.22. The van der Waals surface area contributed by atoms with E-state index in [1.807, 2.05) is 0 Å². The zero-order chi connectivity index (χ0) is 16.9. The molecule has 128 valence electrons. The Morgan fingerprint density at radius 3 is 2.87 bits per heavy atom. The predicted octanol–water partition coefficient (Wildman–Crippen LogP) is 1.17. The van der Waals surface area contributed by atoms with E-state index >= 15 is 0 Å². The Hall–Kier alpha value is -1.64. The third-order valence-corrected chi connectivity index (χ3v) is 5.20. The van der Waals surface area contributed by atoms with Crippen LogP contribution in [-0.4, -0.2) is 45.9 Å². The molecule has 0 aromatic heterocycles. The van der Waals surface area contributed by atoms with E-state index in [1.165, 1.54) is 25.3 Å². The SMILES string of the molecule is COc1ccc(S(=O)(=O)NC2CCCOCC2)cc1CC(=O)O. The molecule has 7 nitrogen and oxygen atoms in total. The summed E-state index contributed by atoms with van der Waals surface area (Å²) >= 11 is 0. The molecule has 0 bridgehead atoms. The molecule has 0 amide bonds. The normalized spacial score (nSPS) is 19.1. The smallest absolute Gasteiger partial charge is 0.307 e. The number of carboxylic acid groups (broad SMARTS) is 1. The van der Waals surface area contributed by atoms with E-state index in [-0.39, 0.29) is 17.4 Å². The lowest BCUT2D eigenvalue weighted by Gasteiger charge is -2.17. The molecule has 1 aromatic carbocycles. The maximum Gasteiger partial charge on any atom is 0.307 e. The van der Waals surface area contributed by atoms with Gasteiger partial charge in [0.05, 0.1) is 18.4 Å². The van der Waals surface area contributed by atoms with Gasteiger partial charge in [0.1, 0.15) is 5.75 Å². The molecule has 1 aliphatic rings. The summed E-state index contributed by atoms with van der Waals surface area (Å²) in [6.45, 7) is 1.17. The third-order valence-electron chi connectivity index (χ3n) is 3.68. The van der Waals surface area contributed by atoms with Crippen molar-refractivity contribution in [1.82, 2.24) is 4.72 Å². The fourth-order valence-electron chi connectivity index (χ4n) is 2.53. The van der Waals surface area contributed by atoms with Crippen LogP contribution in [0.25, 0.3) is 0 Å². The lowest BCUT2D eigenvalue weighted by atomic mass is 10.1. The van der Waals surface area contributed by atoms with Gasteiger partial charge in [-0.3, -0.25) is 4.79 Å². The van der Waals surface area contributed by atoms with Gasteiger partial charge in [-0.1, -0.05) is 0 Å². The number of carboxylic acids is 1. The number of ether oxygens (including phenoxy) is 2. The first-order valence-electron chi connectivity index (χ1n) is 7.41. The number of rotatable bonds is 6. The predicted molar refractivity (Wildman–Crippen MR) is 83.1 cm³/mol. The van der Waals surface area contributed by atoms with Crippen molar-refractivity contribution < 1.29 is 27.8 Å². The van der Waals surface area contributed by atoms with Crippen LogP contribution in [0.2, 0.25) is 0 Å². The highest BCUT2D eigenvalue weighted by Gasteiger charge is 2.22. The van der Waals surface area contributed by atoms with E-state index in [1.54, 1.807) is 0 Å². The van der Waals surface area contributed by atoms with Crippen molar-refractivity contribution in [2.75, 3.05) is 20.3 Å². The second-order valence-electron chi connectivity index (χ2n) is 5.41. The number of sulfonamides is 1. The largest absolute Gasteiger partial charge is 0.496 e. The lowest BCUT2D eigenvalue weighted by molar-refractivity contribution is -0.136. The molecular weight excluding hydrogens is 322 g/mol. The van der Waals surface area contributed by atoms with Crippen molar-refractivity contribution in [3.63, 3.8) is 0 Å². The van der Waals surface area contributed by atoms with Crippen LogP contribution in [0.15, 0.2) is 23.1 Å². The van der Waals surface area contributed by atoms with Crippen molar-refractivity contribution in [2.24, 2.45) is 0 Å². The second kappa shape index (κ2) is 7.76. The molecule has 0 saturated carbocycles. The molecule has 1 aromatic rings. The molecule has 8 heteroatoms. The van der Waals surface area contributed by atoms with Gasteiger partial charge in [0.15, 0.2) is 0 Å². The van der Waals surface area contributed by atoms with Crippen LogP contribution in [0.5, 0.6) is 5.75 Å². The van der Waals surface area contributed by atoms with Gasteiger partial charge in [0.25, 0.3) is 0 Å². The van der Waals surface area contributed by atoms with Gasteiger partial charge in [-0.2, -0.15) is 0 Å². The first-order valence-corrected chi connectivity index (χ1v) is 8.89. The third kappa shape index (κ3) is 4.92. The second-order valence-corrected chi connectivity index (χ2v) is 7.12. The van der Waals surface area contributed by atoms with Gasteiger partial charge in [-0.15, -0.1) is 0 Å². The van der Waals surface area contributed by atoms with Crippen LogP contribution in [0.3, 0.4) is 0 Å². The quantitative estimate of drug-likeness (QED) is 0.804. The van der Waals surface area contributed by atoms with Crippen molar-refractivity contribution in [3.05, 3.63) is 23.8 Å². The van der Waals surface area contributed by atoms with Gasteiger partial charge in [0.2, 0.25) is 10.0 Å². The minimum atomic E-state index is -3.71. The standard InChI is InChI=1S/C15H21NO6S/c1-21-14-5-4-13(9-11(14)10-15(17)18)23(19,20)16-12-3-2-7-22-8-6-12/h4-5,9,12,16H,2-3,6-8,10H2,1H3,(H,17,18). The molecule has 2 N–H and O–H groups in total. The van der Waals surface area contributed by atoms with Crippen LogP contribution >= 0.6 is 0 Å². The Morgan fingerprint density at radius 2 is 2.17 bits per heavy atom. The molecular formula is C15H21NO6S. The minimum Gasteiger partial charge on any atom is -0.496 e. The van der Waals surface area contributed by atoms with E-state index in [2.05, 4.69) is 4.72 Å². The minimum absolute atomic E-state index is 0.0414. The maximum atomic E-state index is 12.5. The maximum absolute atomic E-state index is 12.5.